The maximum Gasteiger partial charge on any atom is 0.266 e. The normalized spacial score (nSPS) is 10.4. The molecule has 0 aliphatic heterocycles. The lowest BCUT2D eigenvalue weighted by Crippen LogP contribution is -2.31. The molecule has 0 bridgehead atoms. The summed E-state index contributed by atoms with van der Waals surface area (Å²) in [5.41, 5.74) is 2.04. The van der Waals surface area contributed by atoms with Crippen LogP contribution in [0.4, 0.5) is 0 Å². The van der Waals surface area contributed by atoms with Gasteiger partial charge in [-0.05, 0) is 30.3 Å². The first-order valence-electron chi connectivity index (χ1n) is 7.81. The van der Waals surface area contributed by atoms with Gasteiger partial charge in [-0.15, -0.1) is 0 Å². The van der Waals surface area contributed by atoms with Crippen molar-refractivity contribution in [2.24, 2.45) is 0 Å². The van der Waals surface area contributed by atoms with Crippen molar-refractivity contribution < 1.29 is 4.79 Å². The third-order valence-electron chi connectivity index (χ3n) is 3.65. The number of hydrogen-bond acceptors (Lipinski definition) is 3. The van der Waals surface area contributed by atoms with Crippen molar-refractivity contribution in [3.63, 3.8) is 0 Å². The van der Waals surface area contributed by atoms with E-state index in [4.69, 9.17) is 0 Å². The molecular formula is C19H16BrN3O2. The Balaban J connectivity index is 1.66. The second-order valence-corrected chi connectivity index (χ2v) is 6.32. The van der Waals surface area contributed by atoms with E-state index in [2.05, 4.69) is 26.3 Å². The summed E-state index contributed by atoms with van der Waals surface area (Å²) in [5.74, 6) is -0.181. The SMILES string of the molecule is O=C(NCCn1nc(-c2ccccc2)ccc1=O)c1ccc(Br)cc1. The van der Waals surface area contributed by atoms with E-state index in [9.17, 15) is 9.59 Å². The lowest BCUT2D eigenvalue weighted by atomic mass is 10.1. The molecule has 0 saturated carbocycles. The lowest BCUT2D eigenvalue weighted by Gasteiger charge is -2.08. The third-order valence-corrected chi connectivity index (χ3v) is 4.18. The molecule has 0 spiro atoms. The highest BCUT2D eigenvalue weighted by molar-refractivity contribution is 9.10. The zero-order valence-corrected chi connectivity index (χ0v) is 14.9. The van der Waals surface area contributed by atoms with E-state index in [-0.39, 0.29) is 11.5 Å². The number of halogens is 1. The predicted octanol–water partition coefficient (Wildman–Crippen LogP) is 3.10. The second kappa shape index (κ2) is 7.90. The minimum atomic E-state index is -0.197. The monoisotopic (exact) mass is 397 g/mol. The average Bonchev–Trinajstić information content (AvgIpc) is 2.64. The Kier molecular flexibility index (Phi) is 5.40. The van der Waals surface area contributed by atoms with Gasteiger partial charge in [0.05, 0.1) is 12.2 Å². The van der Waals surface area contributed by atoms with Crippen molar-refractivity contribution in [1.29, 1.82) is 0 Å². The number of benzene rings is 2. The number of hydrogen-bond donors (Lipinski definition) is 1. The largest absolute Gasteiger partial charge is 0.350 e. The molecule has 0 fully saturated rings. The summed E-state index contributed by atoms with van der Waals surface area (Å²) in [6, 6.07) is 19.9. The van der Waals surface area contributed by atoms with Gasteiger partial charge in [-0.25, -0.2) is 4.68 Å². The standard InChI is InChI=1S/C19H16BrN3O2/c20-16-8-6-15(7-9-16)19(25)21-12-13-23-18(24)11-10-17(22-23)14-4-2-1-3-5-14/h1-11H,12-13H2,(H,21,25). The van der Waals surface area contributed by atoms with E-state index in [1.54, 1.807) is 18.2 Å². The Bertz CT molecular complexity index is 921. The van der Waals surface area contributed by atoms with E-state index in [1.807, 2.05) is 42.5 Å². The first kappa shape index (κ1) is 17.1. The number of aromatic nitrogens is 2. The molecule has 1 heterocycles. The van der Waals surface area contributed by atoms with Crippen LogP contribution in [0.15, 0.2) is 76.0 Å². The molecule has 0 aliphatic carbocycles. The molecule has 126 valence electrons. The molecule has 25 heavy (non-hydrogen) atoms. The van der Waals surface area contributed by atoms with Crippen molar-refractivity contribution in [3.8, 4) is 11.3 Å². The molecule has 0 aliphatic rings. The minimum absolute atomic E-state index is 0.181. The summed E-state index contributed by atoms with van der Waals surface area (Å²) in [6.07, 6.45) is 0. The van der Waals surface area contributed by atoms with Crippen LogP contribution in [0.1, 0.15) is 10.4 Å². The van der Waals surface area contributed by atoms with Crippen LogP contribution in [0.3, 0.4) is 0 Å². The van der Waals surface area contributed by atoms with Gasteiger partial charge in [-0.2, -0.15) is 5.10 Å². The van der Waals surface area contributed by atoms with Crippen LogP contribution in [-0.2, 0) is 6.54 Å². The number of amides is 1. The molecular weight excluding hydrogens is 382 g/mol. The van der Waals surface area contributed by atoms with Crippen LogP contribution in [-0.4, -0.2) is 22.2 Å². The molecule has 0 saturated heterocycles. The van der Waals surface area contributed by atoms with Crippen molar-refractivity contribution >= 4 is 21.8 Å². The van der Waals surface area contributed by atoms with E-state index < -0.39 is 0 Å². The number of carbonyl (C=O) groups excluding carboxylic acids is 1. The van der Waals surface area contributed by atoms with Gasteiger partial charge in [0.2, 0.25) is 0 Å². The average molecular weight is 398 g/mol. The Labute approximate surface area is 153 Å². The Hall–Kier alpha value is -2.73. The molecule has 1 N–H and O–H groups in total. The molecule has 0 radical (unpaired) electrons. The highest BCUT2D eigenvalue weighted by Crippen LogP contribution is 2.14. The van der Waals surface area contributed by atoms with Gasteiger partial charge in [-0.1, -0.05) is 46.3 Å². The van der Waals surface area contributed by atoms with Gasteiger partial charge in [0.25, 0.3) is 11.5 Å². The molecule has 1 aromatic heterocycles. The highest BCUT2D eigenvalue weighted by Gasteiger charge is 2.06. The summed E-state index contributed by atoms with van der Waals surface area (Å²) in [6.45, 7) is 0.627. The van der Waals surface area contributed by atoms with E-state index in [0.717, 1.165) is 15.7 Å². The Morgan fingerprint density at radius 1 is 1.00 bits per heavy atom. The quantitative estimate of drug-likeness (QED) is 0.719. The zero-order chi connectivity index (χ0) is 17.6. The first-order valence-corrected chi connectivity index (χ1v) is 8.60. The number of carbonyl (C=O) groups is 1. The van der Waals surface area contributed by atoms with Gasteiger partial charge >= 0.3 is 0 Å². The van der Waals surface area contributed by atoms with Crippen LogP contribution in [0.2, 0.25) is 0 Å². The first-order chi connectivity index (χ1) is 12.1. The van der Waals surface area contributed by atoms with Gasteiger partial charge in [-0.3, -0.25) is 9.59 Å². The molecule has 0 atom stereocenters. The predicted molar refractivity (Wildman–Crippen MR) is 100 cm³/mol. The van der Waals surface area contributed by atoms with Gasteiger partial charge in [0, 0.05) is 28.2 Å². The van der Waals surface area contributed by atoms with Gasteiger partial charge in [0.1, 0.15) is 0 Å². The molecule has 1 amide bonds. The fraction of sp³-hybridized carbons (Fsp3) is 0.105. The Morgan fingerprint density at radius 3 is 2.44 bits per heavy atom. The summed E-state index contributed by atoms with van der Waals surface area (Å²) >= 11 is 3.33. The van der Waals surface area contributed by atoms with Crippen LogP contribution < -0.4 is 10.9 Å². The van der Waals surface area contributed by atoms with Gasteiger partial charge in [0.15, 0.2) is 0 Å². The van der Waals surface area contributed by atoms with Crippen molar-refractivity contribution in [1.82, 2.24) is 15.1 Å². The van der Waals surface area contributed by atoms with Crippen molar-refractivity contribution in [3.05, 3.63) is 87.1 Å². The molecule has 3 rings (SSSR count). The molecule has 3 aromatic rings. The summed E-state index contributed by atoms with van der Waals surface area (Å²) in [4.78, 5) is 24.1. The summed E-state index contributed by atoms with van der Waals surface area (Å²) < 4.78 is 2.28. The fourth-order valence-corrected chi connectivity index (χ4v) is 2.61. The van der Waals surface area contributed by atoms with Crippen LogP contribution in [0.5, 0.6) is 0 Å². The van der Waals surface area contributed by atoms with Crippen LogP contribution in [0, 0.1) is 0 Å². The van der Waals surface area contributed by atoms with Crippen LogP contribution in [0.25, 0.3) is 11.3 Å². The minimum Gasteiger partial charge on any atom is -0.350 e. The van der Waals surface area contributed by atoms with Crippen molar-refractivity contribution in [2.45, 2.75) is 6.54 Å². The van der Waals surface area contributed by atoms with Gasteiger partial charge < -0.3 is 5.32 Å². The summed E-state index contributed by atoms with van der Waals surface area (Å²) in [7, 11) is 0. The van der Waals surface area contributed by atoms with Crippen LogP contribution >= 0.6 is 15.9 Å². The van der Waals surface area contributed by atoms with E-state index in [0.29, 0.717) is 18.7 Å². The number of nitrogens with zero attached hydrogens (tertiary/aromatic N) is 2. The zero-order valence-electron chi connectivity index (χ0n) is 13.4. The van der Waals surface area contributed by atoms with Crippen molar-refractivity contribution in [2.75, 3.05) is 6.54 Å². The maximum atomic E-state index is 12.1. The number of rotatable bonds is 5. The molecule has 6 heteroatoms. The molecule has 2 aromatic carbocycles. The number of nitrogens with one attached hydrogen (secondary N) is 1. The molecule has 0 unspecified atom stereocenters. The second-order valence-electron chi connectivity index (χ2n) is 5.41. The van der Waals surface area contributed by atoms with E-state index >= 15 is 0 Å². The molecule has 5 nitrogen and oxygen atoms in total. The smallest absolute Gasteiger partial charge is 0.266 e. The fourth-order valence-electron chi connectivity index (χ4n) is 2.35. The highest BCUT2D eigenvalue weighted by atomic mass is 79.9. The Morgan fingerprint density at radius 2 is 1.72 bits per heavy atom. The topological polar surface area (TPSA) is 64.0 Å². The van der Waals surface area contributed by atoms with E-state index in [1.165, 1.54) is 10.7 Å². The third kappa shape index (κ3) is 4.42. The maximum absolute atomic E-state index is 12.1. The lowest BCUT2D eigenvalue weighted by molar-refractivity contribution is 0.0951. The summed E-state index contributed by atoms with van der Waals surface area (Å²) in [5, 5.41) is 7.17.